The van der Waals surface area contributed by atoms with Crippen LogP contribution in [0.1, 0.15) is 24.1 Å². The van der Waals surface area contributed by atoms with E-state index in [-0.39, 0.29) is 11.9 Å². The quantitative estimate of drug-likeness (QED) is 0.771. The van der Waals surface area contributed by atoms with E-state index in [0.29, 0.717) is 6.42 Å². The molecule has 4 nitrogen and oxygen atoms in total. The Morgan fingerprint density at radius 1 is 1.24 bits per heavy atom. The second-order valence-corrected chi connectivity index (χ2v) is 5.14. The molecule has 1 atom stereocenters. The molecule has 3 aromatic rings. The summed E-state index contributed by atoms with van der Waals surface area (Å²) >= 11 is 0. The van der Waals surface area contributed by atoms with Crippen molar-refractivity contribution in [2.75, 3.05) is 0 Å². The highest BCUT2D eigenvalue weighted by atomic mass is 16.1. The lowest BCUT2D eigenvalue weighted by Gasteiger charge is -2.13. The molecule has 4 heteroatoms. The number of amides is 1. The first-order valence-electron chi connectivity index (χ1n) is 6.99. The summed E-state index contributed by atoms with van der Waals surface area (Å²) in [5.74, 6) is 0.0139. The van der Waals surface area contributed by atoms with Gasteiger partial charge >= 0.3 is 0 Å². The molecule has 1 heterocycles. The van der Waals surface area contributed by atoms with Crippen LogP contribution in [-0.2, 0) is 11.2 Å². The van der Waals surface area contributed by atoms with E-state index < -0.39 is 0 Å². The summed E-state index contributed by atoms with van der Waals surface area (Å²) in [5, 5.41) is 11.9. The smallest absolute Gasteiger partial charge is 0.224 e. The molecule has 0 saturated carbocycles. The number of aromatic amines is 1. The molecule has 0 aliphatic carbocycles. The third kappa shape index (κ3) is 2.94. The van der Waals surface area contributed by atoms with Gasteiger partial charge in [0.05, 0.1) is 18.7 Å². The molecular formula is C17H17N3O. The van der Waals surface area contributed by atoms with Crippen LogP contribution in [0.3, 0.4) is 0 Å². The summed E-state index contributed by atoms with van der Waals surface area (Å²) < 4.78 is 0. The van der Waals surface area contributed by atoms with Gasteiger partial charge in [0.15, 0.2) is 0 Å². The number of aromatic nitrogens is 2. The second kappa shape index (κ2) is 5.79. The maximum atomic E-state index is 12.2. The summed E-state index contributed by atoms with van der Waals surface area (Å²) in [6, 6.07) is 14.1. The van der Waals surface area contributed by atoms with Gasteiger partial charge in [-0.2, -0.15) is 5.10 Å². The summed E-state index contributed by atoms with van der Waals surface area (Å²) in [4.78, 5) is 12.2. The molecule has 1 amide bonds. The molecule has 0 radical (unpaired) electrons. The maximum Gasteiger partial charge on any atom is 0.224 e. The minimum Gasteiger partial charge on any atom is -0.349 e. The number of fused-ring (bicyclic) bond motifs is 1. The zero-order chi connectivity index (χ0) is 14.7. The van der Waals surface area contributed by atoms with Gasteiger partial charge < -0.3 is 5.32 Å². The van der Waals surface area contributed by atoms with Crippen molar-refractivity contribution in [1.29, 1.82) is 0 Å². The normalized spacial score (nSPS) is 12.2. The maximum absolute atomic E-state index is 12.2. The molecule has 1 unspecified atom stereocenters. The topological polar surface area (TPSA) is 57.8 Å². The van der Waals surface area contributed by atoms with Gasteiger partial charge in [-0.05, 0) is 23.3 Å². The third-order valence-electron chi connectivity index (χ3n) is 3.63. The van der Waals surface area contributed by atoms with Gasteiger partial charge in [0, 0.05) is 11.8 Å². The van der Waals surface area contributed by atoms with Crippen molar-refractivity contribution in [1.82, 2.24) is 15.5 Å². The van der Waals surface area contributed by atoms with Crippen LogP contribution in [-0.4, -0.2) is 16.1 Å². The standard InChI is InChI=1S/C17H17N3O/c1-12(15-10-18-19-11-15)20-17(21)9-14-7-4-6-13-5-2-3-8-16(13)14/h2-8,10-12H,9H2,1H3,(H,18,19)(H,20,21). The largest absolute Gasteiger partial charge is 0.349 e. The van der Waals surface area contributed by atoms with E-state index in [4.69, 9.17) is 0 Å². The number of carbonyl (C=O) groups is 1. The lowest BCUT2D eigenvalue weighted by molar-refractivity contribution is -0.121. The van der Waals surface area contributed by atoms with E-state index >= 15 is 0 Å². The number of hydrogen-bond acceptors (Lipinski definition) is 2. The van der Waals surface area contributed by atoms with E-state index in [1.165, 1.54) is 0 Å². The van der Waals surface area contributed by atoms with Crippen molar-refractivity contribution >= 4 is 16.7 Å². The summed E-state index contributed by atoms with van der Waals surface area (Å²) in [6.07, 6.45) is 3.90. The lowest BCUT2D eigenvalue weighted by Crippen LogP contribution is -2.27. The fourth-order valence-electron chi connectivity index (χ4n) is 2.49. The van der Waals surface area contributed by atoms with Crippen LogP contribution >= 0.6 is 0 Å². The van der Waals surface area contributed by atoms with Crippen molar-refractivity contribution in [3.63, 3.8) is 0 Å². The van der Waals surface area contributed by atoms with Crippen LogP contribution in [0, 0.1) is 0 Å². The molecule has 0 fully saturated rings. The number of H-pyrrole nitrogens is 1. The Morgan fingerprint density at radius 2 is 2.05 bits per heavy atom. The summed E-state index contributed by atoms with van der Waals surface area (Å²) in [6.45, 7) is 1.95. The average Bonchev–Trinajstić information content (AvgIpc) is 3.02. The predicted octanol–water partition coefficient (Wildman–Crippen LogP) is 2.98. The molecule has 0 aliphatic heterocycles. The van der Waals surface area contributed by atoms with Crippen LogP contribution in [0.4, 0.5) is 0 Å². The zero-order valence-electron chi connectivity index (χ0n) is 11.8. The Morgan fingerprint density at radius 3 is 2.86 bits per heavy atom. The van der Waals surface area contributed by atoms with Gasteiger partial charge in [-0.1, -0.05) is 42.5 Å². The molecule has 2 aromatic carbocycles. The molecule has 0 bridgehead atoms. The first-order valence-corrected chi connectivity index (χ1v) is 6.99. The van der Waals surface area contributed by atoms with Gasteiger partial charge in [-0.25, -0.2) is 0 Å². The molecular weight excluding hydrogens is 262 g/mol. The van der Waals surface area contributed by atoms with Crippen molar-refractivity contribution in [2.24, 2.45) is 0 Å². The van der Waals surface area contributed by atoms with E-state index in [9.17, 15) is 4.79 Å². The van der Waals surface area contributed by atoms with Crippen molar-refractivity contribution in [3.05, 3.63) is 66.0 Å². The zero-order valence-corrected chi connectivity index (χ0v) is 11.8. The highest BCUT2D eigenvalue weighted by molar-refractivity contribution is 5.90. The van der Waals surface area contributed by atoms with Crippen LogP contribution < -0.4 is 5.32 Å². The minimum absolute atomic E-state index is 0.0139. The fourth-order valence-corrected chi connectivity index (χ4v) is 2.49. The number of nitrogens with one attached hydrogen (secondary N) is 2. The minimum atomic E-state index is -0.0498. The van der Waals surface area contributed by atoms with Gasteiger partial charge in [-0.3, -0.25) is 9.89 Å². The number of carbonyl (C=O) groups excluding carboxylic acids is 1. The van der Waals surface area contributed by atoms with Gasteiger partial charge in [0.1, 0.15) is 0 Å². The molecule has 2 N–H and O–H groups in total. The van der Waals surface area contributed by atoms with E-state index in [2.05, 4.69) is 33.7 Å². The highest BCUT2D eigenvalue weighted by Crippen LogP contribution is 2.19. The fraction of sp³-hybridized carbons (Fsp3) is 0.176. The number of hydrogen-bond donors (Lipinski definition) is 2. The van der Waals surface area contributed by atoms with Crippen LogP contribution in [0.2, 0.25) is 0 Å². The van der Waals surface area contributed by atoms with Gasteiger partial charge in [0.25, 0.3) is 0 Å². The molecule has 3 rings (SSSR count). The molecule has 0 spiro atoms. The van der Waals surface area contributed by atoms with Gasteiger partial charge in [0.2, 0.25) is 5.91 Å². The molecule has 106 valence electrons. The van der Waals surface area contributed by atoms with Crippen LogP contribution in [0.25, 0.3) is 10.8 Å². The summed E-state index contributed by atoms with van der Waals surface area (Å²) in [5.41, 5.74) is 2.02. The SMILES string of the molecule is CC(NC(=O)Cc1cccc2ccccc12)c1cn[nH]c1. The van der Waals surface area contributed by atoms with Crippen LogP contribution in [0.15, 0.2) is 54.9 Å². The van der Waals surface area contributed by atoms with E-state index in [1.807, 2.05) is 31.2 Å². The average molecular weight is 279 g/mol. The first kappa shape index (κ1) is 13.4. The van der Waals surface area contributed by atoms with Crippen molar-refractivity contribution in [3.8, 4) is 0 Å². The van der Waals surface area contributed by atoms with Crippen LogP contribution in [0.5, 0.6) is 0 Å². The Bertz CT molecular complexity index is 744. The molecule has 21 heavy (non-hydrogen) atoms. The van der Waals surface area contributed by atoms with Crippen molar-refractivity contribution in [2.45, 2.75) is 19.4 Å². The first-order chi connectivity index (χ1) is 10.2. The third-order valence-corrected chi connectivity index (χ3v) is 3.63. The number of benzene rings is 2. The monoisotopic (exact) mass is 279 g/mol. The predicted molar refractivity (Wildman–Crippen MR) is 82.8 cm³/mol. The highest BCUT2D eigenvalue weighted by Gasteiger charge is 2.12. The summed E-state index contributed by atoms with van der Waals surface area (Å²) in [7, 11) is 0. The Balaban J connectivity index is 1.75. The van der Waals surface area contributed by atoms with Gasteiger partial charge in [-0.15, -0.1) is 0 Å². The molecule has 0 aliphatic rings. The molecule has 0 saturated heterocycles. The Labute approximate surface area is 123 Å². The Kier molecular flexibility index (Phi) is 3.69. The van der Waals surface area contributed by atoms with Crippen molar-refractivity contribution < 1.29 is 4.79 Å². The molecule has 1 aromatic heterocycles. The Hall–Kier alpha value is -2.62. The number of nitrogens with zero attached hydrogens (tertiary/aromatic N) is 1. The number of rotatable bonds is 4. The second-order valence-electron chi connectivity index (χ2n) is 5.14. The van der Waals surface area contributed by atoms with E-state index in [1.54, 1.807) is 12.4 Å². The van der Waals surface area contributed by atoms with E-state index in [0.717, 1.165) is 21.9 Å². The lowest BCUT2D eigenvalue weighted by atomic mass is 10.0.